The van der Waals surface area contributed by atoms with Gasteiger partial charge in [0.2, 0.25) is 0 Å². The summed E-state index contributed by atoms with van der Waals surface area (Å²) in [5.74, 6) is -0.489. The Bertz CT molecular complexity index is 653. The fraction of sp³-hybridized carbons (Fsp3) is 0.188. The van der Waals surface area contributed by atoms with Gasteiger partial charge in [-0.2, -0.15) is 0 Å². The molecule has 0 fully saturated rings. The minimum absolute atomic E-state index is 0.0131. The number of hydrogen-bond donors (Lipinski definition) is 1. The third-order valence-electron chi connectivity index (χ3n) is 2.97. The molecule has 2 rings (SSSR count). The fourth-order valence-corrected chi connectivity index (χ4v) is 1.91. The SMILES string of the molecule is COc1ccc(C)cc1NC(=O)c1ccc(C)cc1F. The molecule has 0 spiro atoms. The van der Waals surface area contributed by atoms with Gasteiger partial charge in [-0.1, -0.05) is 12.1 Å². The molecule has 0 aliphatic rings. The van der Waals surface area contributed by atoms with E-state index >= 15 is 0 Å². The Morgan fingerprint density at radius 3 is 2.40 bits per heavy atom. The Labute approximate surface area is 117 Å². The number of rotatable bonds is 3. The highest BCUT2D eigenvalue weighted by molar-refractivity contribution is 6.05. The highest BCUT2D eigenvalue weighted by Gasteiger charge is 2.14. The zero-order valence-electron chi connectivity index (χ0n) is 11.7. The lowest BCUT2D eigenvalue weighted by Gasteiger charge is -2.11. The van der Waals surface area contributed by atoms with Gasteiger partial charge < -0.3 is 10.1 Å². The number of carbonyl (C=O) groups is 1. The number of hydrogen-bond acceptors (Lipinski definition) is 2. The van der Waals surface area contributed by atoms with Crippen molar-refractivity contribution in [1.29, 1.82) is 0 Å². The third-order valence-corrected chi connectivity index (χ3v) is 2.97. The highest BCUT2D eigenvalue weighted by atomic mass is 19.1. The molecule has 0 unspecified atom stereocenters. The van der Waals surface area contributed by atoms with Crippen LogP contribution in [0.3, 0.4) is 0 Å². The number of benzene rings is 2. The maximum atomic E-state index is 13.8. The van der Waals surface area contributed by atoms with E-state index in [-0.39, 0.29) is 5.56 Å². The summed E-state index contributed by atoms with van der Waals surface area (Å²) in [5, 5.41) is 2.67. The molecule has 0 saturated heterocycles. The Kier molecular flexibility index (Phi) is 4.03. The number of nitrogens with one attached hydrogen (secondary N) is 1. The van der Waals surface area contributed by atoms with Gasteiger partial charge in [0.1, 0.15) is 11.6 Å². The molecule has 0 radical (unpaired) electrons. The maximum Gasteiger partial charge on any atom is 0.258 e. The van der Waals surface area contributed by atoms with Crippen molar-refractivity contribution in [1.82, 2.24) is 0 Å². The number of anilines is 1. The van der Waals surface area contributed by atoms with Gasteiger partial charge in [0.05, 0.1) is 18.4 Å². The maximum absolute atomic E-state index is 13.8. The minimum atomic E-state index is -0.533. The van der Waals surface area contributed by atoms with Crippen LogP contribution in [0.4, 0.5) is 10.1 Å². The van der Waals surface area contributed by atoms with Crippen molar-refractivity contribution >= 4 is 11.6 Å². The smallest absolute Gasteiger partial charge is 0.258 e. The number of ether oxygens (including phenoxy) is 1. The first-order valence-corrected chi connectivity index (χ1v) is 6.23. The molecule has 0 atom stereocenters. The Morgan fingerprint density at radius 2 is 1.75 bits per heavy atom. The average molecular weight is 273 g/mol. The van der Waals surface area contributed by atoms with Crippen molar-refractivity contribution in [2.24, 2.45) is 0 Å². The van der Waals surface area contributed by atoms with E-state index in [2.05, 4.69) is 5.32 Å². The number of methoxy groups -OCH3 is 1. The summed E-state index contributed by atoms with van der Waals surface area (Å²) < 4.78 is 19.0. The Balaban J connectivity index is 2.30. The van der Waals surface area contributed by atoms with Crippen LogP contribution in [0.5, 0.6) is 5.75 Å². The van der Waals surface area contributed by atoms with Crippen LogP contribution in [0.1, 0.15) is 21.5 Å². The summed E-state index contributed by atoms with van der Waals surface area (Å²) in [5.41, 5.74) is 2.29. The molecular formula is C16H16FNO2. The molecule has 104 valence electrons. The first-order valence-electron chi connectivity index (χ1n) is 6.23. The first kappa shape index (κ1) is 14.1. The quantitative estimate of drug-likeness (QED) is 0.926. The van der Waals surface area contributed by atoms with Gasteiger partial charge in [-0.15, -0.1) is 0 Å². The van der Waals surface area contributed by atoms with Crippen LogP contribution in [-0.2, 0) is 0 Å². The fourth-order valence-electron chi connectivity index (χ4n) is 1.91. The van der Waals surface area contributed by atoms with Gasteiger partial charge in [0.25, 0.3) is 5.91 Å². The van der Waals surface area contributed by atoms with E-state index in [0.717, 1.165) is 11.1 Å². The molecule has 2 aromatic rings. The van der Waals surface area contributed by atoms with Gasteiger partial charge in [0.15, 0.2) is 0 Å². The molecule has 0 aromatic heterocycles. The van der Waals surface area contributed by atoms with E-state index in [1.807, 2.05) is 13.0 Å². The van der Waals surface area contributed by atoms with Gasteiger partial charge >= 0.3 is 0 Å². The molecule has 20 heavy (non-hydrogen) atoms. The van der Waals surface area contributed by atoms with Crippen LogP contribution in [-0.4, -0.2) is 13.0 Å². The normalized spacial score (nSPS) is 10.2. The summed E-state index contributed by atoms with van der Waals surface area (Å²) >= 11 is 0. The van der Waals surface area contributed by atoms with E-state index < -0.39 is 11.7 Å². The van der Waals surface area contributed by atoms with E-state index in [1.54, 1.807) is 25.1 Å². The Hall–Kier alpha value is -2.36. The molecule has 2 aromatic carbocycles. The lowest BCUT2D eigenvalue weighted by atomic mass is 10.1. The van der Waals surface area contributed by atoms with Crippen molar-refractivity contribution in [3.63, 3.8) is 0 Å². The van der Waals surface area contributed by atoms with E-state index in [1.165, 1.54) is 19.2 Å². The highest BCUT2D eigenvalue weighted by Crippen LogP contribution is 2.26. The zero-order chi connectivity index (χ0) is 14.7. The molecule has 3 nitrogen and oxygen atoms in total. The molecule has 4 heteroatoms. The average Bonchev–Trinajstić information content (AvgIpc) is 2.38. The van der Waals surface area contributed by atoms with Crippen molar-refractivity contribution < 1.29 is 13.9 Å². The standard InChI is InChI=1S/C16H16FNO2/c1-10-4-6-12(13(17)8-10)16(19)18-14-9-11(2)5-7-15(14)20-3/h4-9H,1-3H3,(H,18,19). The second-order valence-corrected chi connectivity index (χ2v) is 4.64. The predicted octanol–water partition coefficient (Wildman–Crippen LogP) is 3.70. The minimum Gasteiger partial charge on any atom is -0.495 e. The molecule has 1 N–H and O–H groups in total. The summed E-state index contributed by atoms with van der Waals surface area (Å²) in [7, 11) is 1.52. The van der Waals surface area contributed by atoms with Crippen molar-refractivity contribution in [3.8, 4) is 5.75 Å². The van der Waals surface area contributed by atoms with Crippen LogP contribution >= 0.6 is 0 Å². The van der Waals surface area contributed by atoms with E-state index in [4.69, 9.17) is 4.74 Å². The number of carbonyl (C=O) groups excluding carboxylic acids is 1. The van der Waals surface area contributed by atoms with E-state index in [0.29, 0.717) is 11.4 Å². The second-order valence-electron chi connectivity index (χ2n) is 4.64. The molecule has 0 saturated carbocycles. The molecular weight excluding hydrogens is 257 g/mol. The van der Waals surface area contributed by atoms with Crippen LogP contribution in [0, 0.1) is 19.7 Å². The third kappa shape index (κ3) is 2.96. The molecule has 1 amide bonds. The Morgan fingerprint density at radius 1 is 1.10 bits per heavy atom. The van der Waals surface area contributed by atoms with Crippen molar-refractivity contribution in [2.75, 3.05) is 12.4 Å². The van der Waals surface area contributed by atoms with Crippen LogP contribution in [0.25, 0.3) is 0 Å². The first-order chi connectivity index (χ1) is 9.51. The number of halogens is 1. The van der Waals surface area contributed by atoms with Gasteiger partial charge in [-0.05, 0) is 49.2 Å². The van der Waals surface area contributed by atoms with Gasteiger partial charge in [0, 0.05) is 0 Å². The molecule has 0 aliphatic carbocycles. The molecule has 0 heterocycles. The van der Waals surface area contributed by atoms with Crippen molar-refractivity contribution in [2.45, 2.75) is 13.8 Å². The van der Waals surface area contributed by atoms with E-state index in [9.17, 15) is 9.18 Å². The molecule has 0 bridgehead atoms. The number of aryl methyl sites for hydroxylation is 2. The molecule has 0 aliphatic heterocycles. The summed E-state index contributed by atoms with van der Waals surface area (Å²) in [4.78, 5) is 12.1. The lowest BCUT2D eigenvalue weighted by Crippen LogP contribution is -2.14. The second kappa shape index (κ2) is 5.74. The monoisotopic (exact) mass is 273 g/mol. The summed E-state index contributed by atoms with van der Waals surface area (Å²) in [6, 6.07) is 9.93. The topological polar surface area (TPSA) is 38.3 Å². The zero-order valence-corrected chi connectivity index (χ0v) is 11.7. The van der Waals surface area contributed by atoms with Crippen LogP contribution in [0.15, 0.2) is 36.4 Å². The number of amides is 1. The van der Waals surface area contributed by atoms with Crippen LogP contribution < -0.4 is 10.1 Å². The van der Waals surface area contributed by atoms with Crippen LogP contribution in [0.2, 0.25) is 0 Å². The van der Waals surface area contributed by atoms with Gasteiger partial charge in [-0.3, -0.25) is 4.79 Å². The lowest BCUT2D eigenvalue weighted by molar-refractivity contribution is 0.102. The van der Waals surface area contributed by atoms with Crippen molar-refractivity contribution in [3.05, 3.63) is 58.9 Å². The predicted molar refractivity (Wildman–Crippen MR) is 76.8 cm³/mol. The summed E-state index contributed by atoms with van der Waals surface area (Å²) in [6.07, 6.45) is 0. The largest absolute Gasteiger partial charge is 0.495 e. The van der Waals surface area contributed by atoms with Gasteiger partial charge in [-0.25, -0.2) is 4.39 Å². The summed E-state index contributed by atoms with van der Waals surface area (Å²) in [6.45, 7) is 3.68.